The molecular formula is C24H24N4O. The quantitative estimate of drug-likeness (QED) is 0.529. The van der Waals surface area contributed by atoms with Crippen LogP contribution in [0.4, 0.5) is 5.69 Å². The van der Waals surface area contributed by atoms with E-state index < -0.39 is 0 Å². The van der Waals surface area contributed by atoms with Gasteiger partial charge in [-0.15, -0.1) is 0 Å². The van der Waals surface area contributed by atoms with Gasteiger partial charge < -0.3 is 9.88 Å². The lowest BCUT2D eigenvalue weighted by Crippen LogP contribution is -2.17. The molecule has 0 aliphatic heterocycles. The molecule has 2 heterocycles. The highest BCUT2D eigenvalue weighted by Crippen LogP contribution is 2.26. The molecule has 1 N–H and O–H groups in total. The molecule has 5 nitrogen and oxygen atoms in total. The van der Waals surface area contributed by atoms with E-state index in [2.05, 4.69) is 5.32 Å². The van der Waals surface area contributed by atoms with E-state index in [1.165, 1.54) is 5.56 Å². The number of aromatic nitrogens is 3. The molecule has 146 valence electrons. The Morgan fingerprint density at radius 1 is 0.897 bits per heavy atom. The van der Waals surface area contributed by atoms with Crippen LogP contribution in [0.1, 0.15) is 32.7 Å². The van der Waals surface area contributed by atoms with E-state index in [9.17, 15) is 4.79 Å². The van der Waals surface area contributed by atoms with Crippen LogP contribution in [0.5, 0.6) is 0 Å². The summed E-state index contributed by atoms with van der Waals surface area (Å²) in [5.41, 5.74) is 6.34. The van der Waals surface area contributed by atoms with Crippen molar-refractivity contribution >= 4 is 11.6 Å². The number of rotatable bonds is 4. The zero-order valence-corrected chi connectivity index (χ0v) is 17.1. The summed E-state index contributed by atoms with van der Waals surface area (Å²) in [6, 6.07) is 17.9. The lowest BCUT2D eigenvalue weighted by Gasteiger charge is -2.13. The Bertz CT molecular complexity index is 1170. The normalized spacial score (nSPS) is 10.9. The Labute approximate surface area is 170 Å². The van der Waals surface area contributed by atoms with E-state index in [1.807, 2.05) is 104 Å². The Morgan fingerprint density at radius 2 is 1.59 bits per heavy atom. The highest BCUT2D eigenvalue weighted by Gasteiger charge is 2.24. The number of anilines is 1. The van der Waals surface area contributed by atoms with E-state index in [0.29, 0.717) is 11.3 Å². The maximum Gasteiger partial charge on any atom is 0.261 e. The van der Waals surface area contributed by atoms with E-state index in [-0.39, 0.29) is 5.91 Å². The third kappa shape index (κ3) is 3.47. The van der Waals surface area contributed by atoms with Crippen LogP contribution < -0.4 is 5.32 Å². The van der Waals surface area contributed by atoms with Crippen LogP contribution in [-0.2, 0) is 0 Å². The van der Waals surface area contributed by atoms with Gasteiger partial charge in [-0.05, 0) is 69.2 Å². The number of carbonyl (C=O) groups is 1. The molecule has 0 bridgehead atoms. The number of aryl methyl sites for hydroxylation is 3. The third-order valence-corrected chi connectivity index (χ3v) is 5.24. The van der Waals surface area contributed by atoms with Crippen LogP contribution in [-0.4, -0.2) is 20.3 Å². The van der Waals surface area contributed by atoms with Crippen LogP contribution in [0.25, 0.3) is 11.5 Å². The van der Waals surface area contributed by atoms with Crippen molar-refractivity contribution in [1.29, 1.82) is 0 Å². The van der Waals surface area contributed by atoms with Crippen molar-refractivity contribution in [3.63, 3.8) is 0 Å². The fourth-order valence-electron chi connectivity index (χ4n) is 3.43. The topological polar surface area (TPSA) is 51.9 Å². The minimum atomic E-state index is -0.168. The maximum atomic E-state index is 13.3. The summed E-state index contributed by atoms with van der Waals surface area (Å²) in [7, 11) is 0. The standard InChI is InChI=1S/C24H24N4O/c1-16-10-12-20(13-11-16)28-24(27-14-5-6-15-27)22(19(4)26-28)23(29)25-21-9-7-8-17(2)18(21)3/h5-15H,1-4H3,(H,25,29). The summed E-state index contributed by atoms with van der Waals surface area (Å²) in [6.45, 7) is 7.97. The average molecular weight is 384 g/mol. The first-order chi connectivity index (χ1) is 14.0. The predicted octanol–water partition coefficient (Wildman–Crippen LogP) is 5.15. The summed E-state index contributed by atoms with van der Waals surface area (Å²) in [4.78, 5) is 13.3. The van der Waals surface area contributed by atoms with Gasteiger partial charge in [-0.25, -0.2) is 4.68 Å². The van der Waals surface area contributed by atoms with Gasteiger partial charge in [0.2, 0.25) is 0 Å². The summed E-state index contributed by atoms with van der Waals surface area (Å²) in [5.74, 6) is 0.553. The van der Waals surface area contributed by atoms with Gasteiger partial charge in [0.05, 0.1) is 11.4 Å². The Morgan fingerprint density at radius 3 is 2.28 bits per heavy atom. The molecule has 0 saturated carbocycles. The summed E-state index contributed by atoms with van der Waals surface area (Å²) < 4.78 is 3.75. The number of hydrogen-bond donors (Lipinski definition) is 1. The zero-order valence-electron chi connectivity index (χ0n) is 17.1. The van der Waals surface area contributed by atoms with Crippen LogP contribution in [0, 0.1) is 27.7 Å². The minimum Gasteiger partial charge on any atom is -0.322 e. The first-order valence-electron chi connectivity index (χ1n) is 9.63. The van der Waals surface area contributed by atoms with Gasteiger partial charge in [0.15, 0.2) is 5.82 Å². The van der Waals surface area contributed by atoms with E-state index in [0.717, 1.165) is 28.3 Å². The van der Waals surface area contributed by atoms with Crippen molar-refractivity contribution in [2.24, 2.45) is 0 Å². The number of nitrogens with one attached hydrogen (secondary N) is 1. The molecule has 0 saturated heterocycles. The number of benzene rings is 2. The number of hydrogen-bond acceptors (Lipinski definition) is 2. The molecule has 2 aromatic carbocycles. The van der Waals surface area contributed by atoms with Crippen LogP contribution in [0.3, 0.4) is 0 Å². The molecule has 0 atom stereocenters. The summed E-state index contributed by atoms with van der Waals surface area (Å²) in [6.07, 6.45) is 3.85. The van der Waals surface area contributed by atoms with E-state index in [4.69, 9.17) is 5.10 Å². The first kappa shape index (κ1) is 18.7. The molecular weight excluding hydrogens is 360 g/mol. The smallest absolute Gasteiger partial charge is 0.261 e. The summed E-state index contributed by atoms with van der Waals surface area (Å²) in [5, 5.41) is 7.78. The largest absolute Gasteiger partial charge is 0.322 e. The third-order valence-electron chi connectivity index (χ3n) is 5.24. The number of carbonyl (C=O) groups excluding carboxylic acids is 1. The Hall–Kier alpha value is -3.60. The van der Waals surface area contributed by atoms with Crippen molar-refractivity contribution < 1.29 is 4.79 Å². The molecule has 4 rings (SSSR count). The molecule has 29 heavy (non-hydrogen) atoms. The molecule has 2 aromatic heterocycles. The molecule has 5 heteroatoms. The lowest BCUT2D eigenvalue weighted by atomic mass is 10.1. The van der Waals surface area contributed by atoms with Gasteiger partial charge in [0.1, 0.15) is 5.56 Å². The highest BCUT2D eigenvalue weighted by molar-refractivity contribution is 6.07. The van der Waals surface area contributed by atoms with Crippen molar-refractivity contribution in [3.8, 4) is 11.5 Å². The zero-order chi connectivity index (χ0) is 20.5. The molecule has 1 amide bonds. The SMILES string of the molecule is Cc1ccc(-n2nc(C)c(C(=O)Nc3cccc(C)c3C)c2-n2cccc2)cc1. The average Bonchev–Trinajstić information content (AvgIpc) is 3.33. The van der Waals surface area contributed by atoms with Gasteiger partial charge in [-0.3, -0.25) is 4.79 Å². The van der Waals surface area contributed by atoms with Gasteiger partial charge in [-0.2, -0.15) is 5.10 Å². The van der Waals surface area contributed by atoms with Crippen molar-refractivity contribution in [2.75, 3.05) is 5.32 Å². The van der Waals surface area contributed by atoms with Gasteiger partial charge >= 0.3 is 0 Å². The lowest BCUT2D eigenvalue weighted by molar-refractivity contribution is 0.102. The molecule has 4 aromatic rings. The minimum absolute atomic E-state index is 0.168. The van der Waals surface area contributed by atoms with E-state index >= 15 is 0 Å². The first-order valence-corrected chi connectivity index (χ1v) is 9.63. The van der Waals surface area contributed by atoms with Crippen LogP contribution >= 0.6 is 0 Å². The van der Waals surface area contributed by atoms with Crippen molar-refractivity contribution in [3.05, 3.63) is 94.9 Å². The maximum absolute atomic E-state index is 13.3. The van der Waals surface area contributed by atoms with E-state index in [1.54, 1.807) is 0 Å². The molecule has 0 radical (unpaired) electrons. The van der Waals surface area contributed by atoms with Gasteiger partial charge in [0, 0.05) is 18.1 Å². The Kier molecular flexibility index (Phi) is 4.80. The molecule has 0 aliphatic carbocycles. The number of nitrogens with zero attached hydrogens (tertiary/aromatic N) is 3. The second-order valence-corrected chi connectivity index (χ2v) is 7.32. The molecule has 0 spiro atoms. The van der Waals surface area contributed by atoms with Crippen LogP contribution in [0.15, 0.2) is 67.0 Å². The van der Waals surface area contributed by atoms with Crippen molar-refractivity contribution in [1.82, 2.24) is 14.3 Å². The fourth-order valence-corrected chi connectivity index (χ4v) is 3.43. The van der Waals surface area contributed by atoms with Crippen molar-refractivity contribution in [2.45, 2.75) is 27.7 Å². The monoisotopic (exact) mass is 384 g/mol. The Balaban J connectivity index is 1.84. The van der Waals surface area contributed by atoms with Gasteiger partial charge in [0.25, 0.3) is 5.91 Å². The molecule has 0 unspecified atom stereocenters. The number of amides is 1. The summed E-state index contributed by atoms with van der Waals surface area (Å²) >= 11 is 0. The van der Waals surface area contributed by atoms with Gasteiger partial charge in [-0.1, -0.05) is 29.8 Å². The highest BCUT2D eigenvalue weighted by atomic mass is 16.1. The predicted molar refractivity (Wildman–Crippen MR) is 116 cm³/mol. The second-order valence-electron chi connectivity index (χ2n) is 7.32. The fraction of sp³-hybridized carbons (Fsp3) is 0.167. The molecule has 0 aliphatic rings. The van der Waals surface area contributed by atoms with Crippen LogP contribution in [0.2, 0.25) is 0 Å². The molecule has 0 fully saturated rings. The second kappa shape index (κ2) is 7.43.